The lowest BCUT2D eigenvalue weighted by atomic mass is 10.1. The average molecular weight is 178 g/mol. The van der Waals surface area contributed by atoms with Crippen molar-refractivity contribution >= 4 is 5.71 Å². The number of hydrogen-bond acceptors (Lipinski definition) is 2. The van der Waals surface area contributed by atoms with Crippen molar-refractivity contribution < 1.29 is 0 Å². The standard InChI is InChI=1S/C11H18N2/c1-5-10-6-7-12-11(10)13-9(4)8(2)3/h5,8,12H,1,6-7H2,2-4H3/b13-9+. The van der Waals surface area contributed by atoms with Crippen LogP contribution in [0.1, 0.15) is 27.2 Å². The maximum atomic E-state index is 4.54. The molecule has 1 heterocycles. The van der Waals surface area contributed by atoms with Crippen molar-refractivity contribution in [2.24, 2.45) is 10.9 Å². The smallest absolute Gasteiger partial charge is 0.129 e. The minimum atomic E-state index is 0.515. The van der Waals surface area contributed by atoms with E-state index in [1.165, 1.54) is 11.3 Å². The minimum Gasteiger partial charge on any atom is -0.370 e. The molecular weight excluding hydrogens is 160 g/mol. The van der Waals surface area contributed by atoms with E-state index in [9.17, 15) is 0 Å². The van der Waals surface area contributed by atoms with E-state index in [0.29, 0.717) is 5.92 Å². The third-order valence-electron chi connectivity index (χ3n) is 2.36. The molecule has 13 heavy (non-hydrogen) atoms. The first kappa shape index (κ1) is 10.0. The Bertz CT molecular complexity index is 259. The molecule has 0 unspecified atom stereocenters. The number of allylic oxidation sites excluding steroid dienone is 1. The van der Waals surface area contributed by atoms with Gasteiger partial charge >= 0.3 is 0 Å². The van der Waals surface area contributed by atoms with Crippen LogP contribution in [0.3, 0.4) is 0 Å². The van der Waals surface area contributed by atoms with Gasteiger partial charge < -0.3 is 5.32 Å². The van der Waals surface area contributed by atoms with E-state index in [4.69, 9.17) is 0 Å². The van der Waals surface area contributed by atoms with Gasteiger partial charge in [0.05, 0.1) is 0 Å². The fourth-order valence-corrected chi connectivity index (χ4v) is 1.16. The van der Waals surface area contributed by atoms with Crippen molar-refractivity contribution in [1.82, 2.24) is 5.32 Å². The first-order valence-corrected chi connectivity index (χ1v) is 4.79. The van der Waals surface area contributed by atoms with E-state index in [2.05, 4.69) is 37.7 Å². The molecule has 72 valence electrons. The zero-order chi connectivity index (χ0) is 9.84. The highest BCUT2D eigenvalue weighted by Gasteiger charge is 2.10. The number of aliphatic imine (C=N–C) groups is 1. The number of hydrogen-bond donors (Lipinski definition) is 1. The van der Waals surface area contributed by atoms with Crippen LogP contribution in [0.4, 0.5) is 0 Å². The van der Waals surface area contributed by atoms with E-state index in [0.717, 1.165) is 18.8 Å². The highest BCUT2D eigenvalue weighted by Crippen LogP contribution is 2.16. The highest BCUT2D eigenvalue weighted by atomic mass is 15.1. The van der Waals surface area contributed by atoms with Gasteiger partial charge in [0.15, 0.2) is 0 Å². The molecule has 0 fully saturated rings. The fraction of sp³-hybridized carbons (Fsp3) is 0.545. The van der Waals surface area contributed by atoms with Crippen LogP contribution in [-0.2, 0) is 0 Å². The summed E-state index contributed by atoms with van der Waals surface area (Å²) >= 11 is 0. The van der Waals surface area contributed by atoms with Crippen LogP contribution < -0.4 is 5.32 Å². The average Bonchev–Trinajstić information content (AvgIpc) is 2.51. The van der Waals surface area contributed by atoms with Gasteiger partial charge in [-0.2, -0.15) is 0 Å². The molecule has 2 heteroatoms. The predicted molar refractivity (Wildman–Crippen MR) is 57.8 cm³/mol. The molecule has 1 aliphatic rings. The zero-order valence-corrected chi connectivity index (χ0v) is 8.72. The van der Waals surface area contributed by atoms with Gasteiger partial charge in [0.2, 0.25) is 0 Å². The molecule has 0 atom stereocenters. The summed E-state index contributed by atoms with van der Waals surface area (Å²) in [6, 6.07) is 0. The molecule has 0 aromatic carbocycles. The van der Waals surface area contributed by atoms with Gasteiger partial charge in [0.1, 0.15) is 5.82 Å². The summed E-state index contributed by atoms with van der Waals surface area (Å²) in [4.78, 5) is 4.54. The molecule has 0 saturated heterocycles. The Morgan fingerprint density at radius 3 is 2.85 bits per heavy atom. The van der Waals surface area contributed by atoms with Crippen LogP contribution >= 0.6 is 0 Å². The van der Waals surface area contributed by atoms with Crippen LogP contribution in [0.25, 0.3) is 0 Å². The maximum Gasteiger partial charge on any atom is 0.129 e. The van der Waals surface area contributed by atoms with Gasteiger partial charge in [0.25, 0.3) is 0 Å². The van der Waals surface area contributed by atoms with Crippen LogP contribution in [0, 0.1) is 5.92 Å². The van der Waals surface area contributed by atoms with E-state index < -0.39 is 0 Å². The van der Waals surface area contributed by atoms with Crippen molar-refractivity contribution in [2.45, 2.75) is 27.2 Å². The number of nitrogens with zero attached hydrogens (tertiary/aromatic N) is 1. The SMILES string of the molecule is C=CC1=C(/N=C(\C)C(C)C)NCC1. The molecule has 0 aromatic rings. The van der Waals surface area contributed by atoms with Crippen molar-refractivity contribution in [3.05, 3.63) is 24.0 Å². The molecule has 1 N–H and O–H groups in total. The van der Waals surface area contributed by atoms with Crippen LogP contribution in [-0.4, -0.2) is 12.3 Å². The lowest BCUT2D eigenvalue weighted by molar-refractivity contribution is 0.840. The summed E-state index contributed by atoms with van der Waals surface area (Å²) < 4.78 is 0. The normalized spacial score (nSPS) is 18.0. The summed E-state index contributed by atoms with van der Waals surface area (Å²) in [5.74, 6) is 1.53. The summed E-state index contributed by atoms with van der Waals surface area (Å²) in [6.45, 7) is 11.1. The largest absolute Gasteiger partial charge is 0.370 e. The van der Waals surface area contributed by atoms with Crippen LogP contribution in [0.2, 0.25) is 0 Å². The summed E-state index contributed by atoms with van der Waals surface area (Å²) in [5.41, 5.74) is 2.41. The third kappa shape index (κ3) is 2.44. The molecule has 0 saturated carbocycles. The predicted octanol–water partition coefficient (Wildman–Crippen LogP) is 2.49. The van der Waals surface area contributed by atoms with Gasteiger partial charge in [-0.25, -0.2) is 4.99 Å². The molecule has 0 spiro atoms. The Morgan fingerprint density at radius 2 is 2.31 bits per heavy atom. The first-order chi connectivity index (χ1) is 6.15. The second-order valence-corrected chi connectivity index (χ2v) is 3.66. The molecule has 0 aliphatic carbocycles. The topological polar surface area (TPSA) is 24.4 Å². The number of rotatable bonds is 3. The molecule has 2 nitrogen and oxygen atoms in total. The lowest BCUT2D eigenvalue weighted by Crippen LogP contribution is -2.09. The van der Waals surface area contributed by atoms with Gasteiger partial charge in [-0.05, 0) is 24.8 Å². The third-order valence-corrected chi connectivity index (χ3v) is 2.36. The van der Waals surface area contributed by atoms with Crippen LogP contribution in [0.15, 0.2) is 29.0 Å². The van der Waals surface area contributed by atoms with Crippen molar-refractivity contribution in [1.29, 1.82) is 0 Å². The Balaban J connectivity index is 2.83. The van der Waals surface area contributed by atoms with E-state index in [1.807, 2.05) is 6.08 Å². The minimum absolute atomic E-state index is 0.515. The number of nitrogens with one attached hydrogen (secondary N) is 1. The summed E-state index contributed by atoms with van der Waals surface area (Å²) in [7, 11) is 0. The molecule has 1 rings (SSSR count). The van der Waals surface area contributed by atoms with Crippen molar-refractivity contribution in [3.63, 3.8) is 0 Å². The molecule has 0 bridgehead atoms. The Labute approximate surface area is 80.4 Å². The highest BCUT2D eigenvalue weighted by molar-refractivity contribution is 5.84. The Kier molecular flexibility index (Phi) is 3.29. The summed E-state index contributed by atoms with van der Waals surface area (Å²) in [5, 5.41) is 3.26. The molecule has 0 amide bonds. The molecule has 1 aliphatic heterocycles. The monoisotopic (exact) mass is 178 g/mol. The lowest BCUT2D eigenvalue weighted by Gasteiger charge is -2.05. The van der Waals surface area contributed by atoms with Crippen molar-refractivity contribution in [2.75, 3.05) is 6.54 Å². The fourth-order valence-electron chi connectivity index (χ4n) is 1.16. The zero-order valence-electron chi connectivity index (χ0n) is 8.72. The quantitative estimate of drug-likeness (QED) is 0.660. The van der Waals surface area contributed by atoms with E-state index >= 15 is 0 Å². The van der Waals surface area contributed by atoms with Gasteiger partial charge in [-0.1, -0.05) is 26.5 Å². The van der Waals surface area contributed by atoms with E-state index in [1.54, 1.807) is 0 Å². The van der Waals surface area contributed by atoms with Gasteiger partial charge in [-0.3, -0.25) is 0 Å². The van der Waals surface area contributed by atoms with Crippen LogP contribution in [0.5, 0.6) is 0 Å². The first-order valence-electron chi connectivity index (χ1n) is 4.79. The second kappa shape index (κ2) is 4.26. The second-order valence-electron chi connectivity index (χ2n) is 3.66. The van der Waals surface area contributed by atoms with Crippen molar-refractivity contribution in [3.8, 4) is 0 Å². The van der Waals surface area contributed by atoms with Gasteiger partial charge in [0, 0.05) is 12.3 Å². The summed E-state index contributed by atoms with van der Waals surface area (Å²) in [6.07, 6.45) is 2.94. The Morgan fingerprint density at radius 1 is 1.62 bits per heavy atom. The molecular formula is C11H18N2. The maximum absolute atomic E-state index is 4.54. The van der Waals surface area contributed by atoms with Gasteiger partial charge in [-0.15, -0.1) is 0 Å². The van der Waals surface area contributed by atoms with E-state index in [-0.39, 0.29) is 0 Å². The Hall–Kier alpha value is -1.05. The molecule has 0 radical (unpaired) electrons. The molecule has 0 aromatic heterocycles.